The quantitative estimate of drug-likeness (QED) is 0.802. The Labute approximate surface area is 99.3 Å². The number of benzene rings is 1. The van der Waals surface area contributed by atoms with Crippen LogP contribution in [0.2, 0.25) is 0 Å². The second-order valence-corrected chi connectivity index (χ2v) is 5.36. The van der Waals surface area contributed by atoms with Crippen molar-refractivity contribution in [3.63, 3.8) is 0 Å². The molecule has 0 aliphatic carbocycles. The SMILES string of the molecule is Cc1cccc(C)c1CC1CCC(C)CN1. The molecule has 2 unspecified atom stereocenters. The molecule has 16 heavy (non-hydrogen) atoms. The zero-order chi connectivity index (χ0) is 11.5. The maximum atomic E-state index is 3.67. The van der Waals surface area contributed by atoms with Gasteiger partial charge in [0, 0.05) is 6.04 Å². The van der Waals surface area contributed by atoms with Crippen LogP contribution >= 0.6 is 0 Å². The lowest BCUT2D eigenvalue weighted by Crippen LogP contribution is -2.39. The lowest BCUT2D eigenvalue weighted by molar-refractivity contribution is 0.326. The van der Waals surface area contributed by atoms with Gasteiger partial charge in [0.2, 0.25) is 0 Å². The Kier molecular flexibility index (Phi) is 3.65. The van der Waals surface area contributed by atoms with Crippen molar-refractivity contribution in [1.82, 2.24) is 5.32 Å². The molecule has 2 rings (SSSR count). The van der Waals surface area contributed by atoms with Crippen molar-refractivity contribution in [2.75, 3.05) is 6.54 Å². The molecule has 0 aromatic heterocycles. The predicted octanol–water partition coefficient (Wildman–Crippen LogP) is 3.23. The van der Waals surface area contributed by atoms with Crippen LogP contribution in [0, 0.1) is 19.8 Å². The molecule has 2 atom stereocenters. The van der Waals surface area contributed by atoms with E-state index in [9.17, 15) is 0 Å². The fourth-order valence-corrected chi connectivity index (χ4v) is 2.65. The number of rotatable bonds is 2. The lowest BCUT2D eigenvalue weighted by atomic mass is 9.89. The zero-order valence-electron chi connectivity index (χ0n) is 10.7. The number of nitrogens with one attached hydrogen (secondary N) is 1. The van der Waals surface area contributed by atoms with Crippen molar-refractivity contribution in [3.05, 3.63) is 34.9 Å². The minimum Gasteiger partial charge on any atom is -0.313 e. The van der Waals surface area contributed by atoms with Gasteiger partial charge in [0.05, 0.1) is 0 Å². The van der Waals surface area contributed by atoms with Crippen LogP contribution in [0.3, 0.4) is 0 Å². The first-order chi connectivity index (χ1) is 7.66. The van der Waals surface area contributed by atoms with E-state index in [1.54, 1.807) is 5.56 Å². The maximum absolute atomic E-state index is 3.67. The molecule has 1 fully saturated rings. The van der Waals surface area contributed by atoms with Crippen molar-refractivity contribution >= 4 is 0 Å². The maximum Gasteiger partial charge on any atom is 0.0108 e. The average molecular weight is 217 g/mol. The van der Waals surface area contributed by atoms with E-state index in [1.807, 2.05) is 0 Å². The van der Waals surface area contributed by atoms with Crippen molar-refractivity contribution in [2.45, 2.75) is 46.1 Å². The summed E-state index contributed by atoms with van der Waals surface area (Å²) in [5, 5.41) is 3.67. The van der Waals surface area contributed by atoms with Gasteiger partial charge in [0.15, 0.2) is 0 Å². The summed E-state index contributed by atoms with van der Waals surface area (Å²) in [4.78, 5) is 0. The Hall–Kier alpha value is -0.820. The Balaban J connectivity index is 2.04. The fraction of sp³-hybridized carbons (Fsp3) is 0.600. The molecule has 1 aromatic carbocycles. The van der Waals surface area contributed by atoms with E-state index >= 15 is 0 Å². The van der Waals surface area contributed by atoms with Gasteiger partial charge in [-0.1, -0.05) is 25.1 Å². The summed E-state index contributed by atoms with van der Waals surface area (Å²) in [7, 11) is 0. The standard InChI is InChI=1S/C15H23N/c1-11-7-8-14(16-10-11)9-15-12(2)5-4-6-13(15)3/h4-6,11,14,16H,7-10H2,1-3H3. The minimum absolute atomic E-state index is 0.691. The van der Waals surface area contributed by atoms with Crippen molar-refractivity contribution in [1.29, 1.82) is 0 Å². The summed E-state index contributed by atoms with van der Waals surface area (Å²) in [6.45, 7) is 7.99. The highest BCUT2D eigenvalue weighted by molar-refractivity contribution is 5.34. The van der Waals surface area contributed by atoms with Crippen LogP contribution in [0.15, 0.2) is 18.2 Å². The first-order valence-corrected chi connectivity index (χ1v) is 6.45. The Morgan fingerprint density at radius 3 is 2.44 bits per heavy atom. The molecule has 1 aliphatic rings. The van der Waals surface area contributed by atoms with Crippen LogP contribution in [0.1, 0.15) is 36.5 Å². The van der Waals surface area contributed by atoms with E-state index in [2.05, 4.69) is 44.3 Å². The highest BCUT2D eigenvalue weighted by Gasteiger charge is 2.18. The molecule has 1 heteroatoms. The third-order valence-corrected chi connectivity index (χ3v) is 3.86. The lowest BCUT2D eigenvalue weighted by Gasteiger charge is -2.28. The molecular weight excluding hydrogens is 194 g/mol. The number of aryl methyl sites for hydroxylation is 2. The Morgan fingerprint density at radius 1 is 1.19 bits per heavy atom. The van der Waals surface area contributed by atoms with Gasteiger partial charge in [-0.15, -0.1) is 0 Å². The van der Waals surface area contributed by atoms with Crippen LogP contribution < -0.4 is 5.32 Å². The summed E-state index contributed by atoms with van der Waals surface area (Å²) < 4.78 is 0. The molecule has 0 bridgehead atoms. The highest BCUT2D eigenvalue weighted by atomic mass is 14.9. The molecule has 1 aliphatic heterocycles. The Bertz CT molecular complexity index is 328. The molecule has 1 saturated heterocycles. The van der Waals surface area contributed by atoms with E-state index < -0.39 is 0 Å². The monoisotopic (exact) mass is 217 g/mol. The summed E-state index contributed by atoms with van der Waals surface area (Å²) in [5.74, 6) is 0.856. The summed E-state index contributed by atoms with van der Waals surface area (Å²) in [5.41, 5.74) is 4.44. The third kappa shape index (κ3) is 2.65. The molecule has 0 amide bonds. The predicted molar refractivity (Wildman–Crippen MR) is 69.8 cm³/mol. The largest absolute Gasteiger partial charge is 0.313 e. The highest BCUT2D eigenvalue weighted by Crippen LogP contribution is 2.20. The van der Waals surface area contributed by atoms with Crippen molar-refractivity contribution < 1.29 is 0 Å². The van der Waals surface area contributed by atoms with Gasteiger partial charge in [-0.05, 0) is 62.3 Å². The molecule has 0 saturated carbocycles. The van der Waals surface area contributed by atoms with Gasteiger partial charge < -0.3 is 5.32 Å². The van der Waals surface area contributed by atoms with Crippen LogP contribution in [0.25, 0.3) is 0 Å². The molecular formula is C15H23N. The fourth-order valence-electron chi connectivity index (χ4n) is 2.65. The van der Waals surface area contributed by atoms with E-state index in [0.717, 1.165) is 5.92 Å². The van der Waals surface area contributed by atoms with Gasteiger partial charge in [-0.3, -0.25) is 0 Å². The van der Waals surface area contributed by atoms with Crippen LogP contribution in [-0.2, 0) is 6.42 Å². The first-order valence-electron chi connectivity index (χ1n) is 6.45. The van der Waals surface area contributed by atoms with Gasteiger partial charge in [0.25, 0.3) is 0 Å². The van der Waals surface area contributed by atoms with Gasteiger partial charge in [-0.2, -0.15) is 0 Å². The third-order valence-electron chi connectivity index (χ3n) is 3.86. The molecule has 88 valence electrons. The Morgan fingerprint density at radius 2 is 1.88 bits per heavy atom. The molecule has 1 N–H and O–H groups in total. The first kappa shape index (κ1) is 11.7. The van der Waals surface area contributed by atoms with Gasteiger partial charge in [0.1, 0.15) is 0 Å². The normalized spacial score (nSPS) is 25.7. The van der Waals surface area contributed by atoms with Gasteiger partial charge in [-0.25, -0.2) is 0 Å². The molecule has 0 spiro atoms. The van der Waals surface area contributed by atoms with E-state index in [-0.39, 0.29) is 0 Å². The molecule has 1 nitrogen and oxygen atoms in total. The van der Waals surface area contributed by atoms with Crippen LogP contribution in [0.4, 0.5) is 0 Å². The summed E-state index contributed by atoms with van der Waals surface area (Å²) in [6.07, 6.45) is 3.91. The average Bonchev–Trinajstić information content (AvgIpc) is 2.26. The second kappa shape index (κ2) is 5.01. The molecule has 1 heterocycles. The van der Waals surface area contributed by atoms with Gasteiger partial charge >= 0.3 is 0 Å². The minimum atomic E-state index is 0.691. The summed E-state index contributed by atoms with van der Waals surface area (Å²) >= 11 is 0. The summed E-state index contributed by atoms with van der Waals surface area (Å²) in [6, 6.07) is 7.31. The second-order valence-electron chi connectivity index (χ2n) is 5.36. The topological polar surface area (TPSA) is 12.0 Å². The van der Waals surface area contributed by atoms with E-state index in [4.69, 9.17) is 0 Å². The number of hydrogen-bond donors (Lipinski definition) is 1. The van der Waals surface area contributed by atoms with Crippen LogP contribution in [0.5, 0.6) is 0 Å². The number of hydrogen-bond acceptors (Lipinski definition) is 1. The molecule has 0 radical (unpaired) electrons. The van der Waals surface area contributed by atoms with Crippen LogP contribution in [-0.4, -0.2) is 12.6 Å². The zero-order valence-corrected chi connectivity index (χ0v) is 10.7. The molecule has 1 aromatic rings. The van der Waals surface area contributed by atoms with E-state index in [0.29, 0.717) is 6.04 Å². The van der Waals surface area contributed by atoms with Crippen molar-refractivity contribution in [3.8, 4) is 0 Å². The smallest absolute Gasteiger partial charge is 0.0108 e. The number of piperidine rings is 1. The van der Waals surface area contributed by atoms with E-state index in [1.165, 1.54) is 36.9 Å². The van der Waals surface area contributed by atoms with Crippen molar-refractivity contribution in [2.24, 2.45) is 5.92 Å².